The lowest BCUT2D eigenvalue weighted by atomic mass is 9.78. The first-order chi connectivity index (χ1) is 7.16. The van der Waals surface area contributed by atoms with E-state index in [9.17, 15) is 0 Å². The van der Waals surface area contributed by atoms with Crippen molar-refractivity contribution in [2.45, 2.75) is 45.6 Å². The van der Waals surface area contributed by atoms with Gasteiger partial charge < -0.3 is 10.6 Å². The molecule has 2 rings (SSSR count). The number of fused-ring (bicyclic) bond motifs is 1. The third-order valence-electron chi connectivity index (χ3n) is 4.25. The second kappa shape index (κ2) is 4.84. The van der Waals surface area contributed by atoms with Crippen LogP contribution in [0.15, 0.2) is 0 Å². The minimum Gasteiger partial charge on any atom is -0.327 e. The highest BCUT2D eigenvalue weighted by Gasteiger charge is 2.38. The molecule has 1 saturated heterocycles. The van der Waals surface area contributed by atoms with Crippen molar-refractivity contribution in [1.82, 2.24) is 4.90 Å². The number of rotatable bonds is 3. The molecule has 2 N–H and O–H groups in total. The topological polar surface area (TPSA) is 29.3 Å². The molecule has 2 nitrogen and oxygen atoms in total. The van der Waals surface area contributed by atoms with E-state index < -0.39 is 0 Å². The molecule has 2 fully saturated rings. The molecule has 0 spiro atoms. The molecular weight excluding hydrogens is 184 g/mol. The van der Waals surface area contributed by atoms with Gasteiger partial charge in [0, 0.05) is 19.1 Å². The van der Waals surface area contributed by atoms with Crippen molar-refractivity contribution in [3.63, 3.8) is 0 Å². The highest BCUT2D eigenvalue weighted by Crippen LogP contribution is 2.35. The largest absolute Gasteiger partial charge is 0.327 e. The molecule has 0 aromatic carbocycles. The average Bonchev–Trinajstić information content (AvgIpc) is 2.59. The molecule has 15 heavy (non-hydrogen) atoms. The lowest BCUT2D eigenvalue weighted by molar-refractivity contribution is 0.259. The van der Waals surface area contributed by atoms with Gasteiger partial charge in [0.1, 0.15) is 0 Å². The van der Waals surface area contributed by atoms with E-state index in [4.69, 9.17) is 5.73 Å². The predicted octanol–water partition coefficient (Wildman–Crippen LogP) is 2.09. The van der Waals surface area contributed by atoms with E-state index in [2.05, 4.69) is 18.7 Å². The number of likely N-dealkylation sites (tertiary alicyclic amines) is 1. The van der Waals surface area contributed by atoms with Crippen LogP contribution in [0.2, 0.25) is 0 Å². The van der Waals surface area contributed by atoms with Gasteiger partial charge in [-0.1, -0.05) is 20.3 Å². The molecule has 1 aliphatic carbocycles. The van der Waals surface area contributed by atoms with E-state index in [1.54, 1.807) is 0 Å². The maximum absolute atomic E-state index is 6.21. The quantitative estimate of drug-likeness (QED) is 0.773. The van der Waals surface area contributed by atoms with Crippen LogP contribution in [0, 0.1) is 17.8 Å². The molecule has 1 saturated carbocycles. The van der Waals surface area contributed by atoms with Gasteiger partial charge in [-0.15, -0.1) is 0 Å². The Morgan fingerprint density at radius 3 is 2.73 bits per heavy atom. The zero-order chi connectivity index (χ0) is 10.8. The van der Waals surface area contributed by atoms with Crippen LogP contribution < -0.4 is 5.73 Å². The van der Waals surface area contributed by atoms with Crippen LogP contribution >= 0.6 is 0 Å². The summed E-state index contributed by atoms with van der Waals surface area (Å²) in [7, 11) is 0. The molecule has 0 amide bonds. The monoisotopic (exact) mass is 210 g/mol. The van der Waals surface area contributed by atoms with E-state index in [0.29, 0.717) is 6.04 Å². The Morgan fingerprint density at radius 2 is 2.07 bits per heavy atom. The molecular formula is C13H26N2. The van der Waals surface area contributed by atoms with Crippen molar-refractivity contribution in [3.05, 3.63) is 0 Å². The van der Waals surface area contributed by atoms with Crippen LogP contribution in [0.1, 0.15) is 39.5 Å². The Labute approximate surface area is 94.2 Å². The summed E-state index contributed by atoms with van der Waals surface area (Å²) in [5.74, 6) is 2.56. The molecule has 1 heterocycles. The van der Waals surface area contributed by atoms with Gasteiger partial charge in [-0.25, -0.2) is 0 Å². The summed E-state index contributed by atoms with van der Waals surface area (Å²) in [6.45, 7) is 8.52. The van der Waals surface area contributed by atoms with Crippen molar-refractivity contribution in [1.29, 1.82) is 0 Å². The highest BCUT2D eigenvalue weighted by molar-refractivity contribution is 4.93. The van der Waals surface area contributed by atoms with Gasteiger partial charge in [-0.05, 0) is 43.6 Å². The Hall–Kier alpha value is -0.0800. The molecule has 1 aliphatic heterocycles. The Morgan fingerprint density at radius 1 is 1.27 bits per heavy atom. The van der Waals surface area contributed by atoms with E-state index in [-0.39, 0.29) is 0 Å². The van der Waals surface area contributed by atoms with Crippen LogP contribution in [0.4, 0.5) is 0 Å². The predicted molar refractivity (Wildman–Crippen MR) is 64.7 cm³/mol. The first kappa shape index (κ1) is 11.4. The summed E-state index contributed by atoms with van der Waals surface area (Å²) in [4.78, 5) is 2.65. The first-order valence-corrected chi connectivity index (χ1v) is 6.64. The number of nitrogens with two attached hydrogens (primary N) is 1. The standard InChI is InChI=1S/C13H26N2/c1-10(2)6-7-15-8-11-4-3-5-13(14)12(11)9-15/h10-13H,3-9,14H2,1-2H3. The van der Waals surface area contributed by atoms with Crippen LogP contribution in [0.5, 0.6) is 0 Å². The fourth-order valence-electron chi connectivity index (χ4n) is 3.23. The van der Waals surface area contributed by atoms with Gasteiger partial charge in [-0.3, -0.25) is 0 Å². The summed E-state index contributed by atoms with van der Waals surface area (Å²) in [6.07, 6.45) is 5.39. The van der Waals surface area contributed by atoms with Crippen molar-refractivity contribution in [2.24, 2.45) is 23.5 Å². The van der Waals surface area contributed by atoms with Crippen LogP contribution in [0.25, 0.3) is 0 Å². The third kappa shape index (κ3) is 2.73. The second-order valence-electron chi connectivity index (χ2n) is 5.96. The minimum atomic E-state index is 0.493. The number of hydrogen-bond donors (Lipinski definition) is 1. The summed E-state index contributed by atoms with van der Waals surface area (Å²) >= 11 is 0. The zero-order valence-corrected chi connectivity index (χ0v) is 10.3. The summed E-state index contributed by atoms with van der Waals surface area (Å²) < 4.78 is 0. The number of nitrogens with zero attached hydrogens (tertiary/aromatic N) is 1. The van der Waals surface area contributed by atoms with Gasteiger partial charge in [0.2, 0.25) is 0 Å². The summed E-state index contributed by atoms with van der Waals surface area (Å²) in [5.41, 5.74) is 6.21. The smallest absolute Gasteiger partial charge is 0.00825 e. The SMILES string of the molecule is CC(C)CCN1CC2CCCC(N)C2C1. The van der Waals surface area contributed by atoms with Crippen molar-refractivity contribution in [2.75, 3.05) is 19.6 Å². The van der Waals surface area contributed by atoms with Gasteiger partial charge in [0.25, 0.3) is 0 Å². The molecule has 3 atom stereocenters. The maximum atomic E-state index is 6.21. The molecule has 0 bridgehead atoms. The lowest BCUT2D eigenvalue weighted by Gasteiger charge is -2.29. The molecule has 3 unspecified atom stereocenters. The van der Waals surface area contributed by atoms with Crippen LogP contribution in [-0.4, -0.2) is 30.6 Å². The zero-order valence-electron chi connectivity index (χ0n) is 10.3. The third-order valence-corrected chi connectivity index (χ3v) is 4.25. The Kier molecular flexibility index (Phi) is 3.68. The summed E-state index contributed by atoms with van der Waals surface area (Å²) in [6, 6.07) is 0.493. The molecule has 88 valence electrons. The van der Waals surface area contributed by atoms with Gasteiger partial charge in [-0.2, -0.15) is 0 Å². The fraction of sp³-hybridized carbons (Fsp3) is 1.00. The lowest BCUT2D eigenvalue weighted by Crippen LogP contribution is -2.38. The highest BCUT2D eigenvalue weighted by atomic mass is 15.2. The molecule has 2 heteroatoms. The van der Waals surface area contributed by atoms with E-state index in [1.165, 1.54) is 45.3 Å². The molecule has 2 aliphatic rings. The molecule has 0 aromatic heterocycles. The van der Waals surface area contributed by atoms with Crippen molar-refractivity contribution < 1.29 is 0 Å². The Bertz CT molecular complexity index is 203. The van der Waals surface area contributed by atoms with E-state index >= 15 is 0 Å². The first-order valence-electron chi connectivity index (χ1n) is 6.64. The van der Waals surface area contributed by atoms with Gasteiger partial charge >= 0.3 is 0 Å². The molecule has 0 radical (unpaired) electrons. The van der Waals surface area contributed by atoms with E-state index in [1.807, 2.05) is 0 Å². The summed E-state index contributed by atoms with van der Waals surface area (Å²) in [5, 5.41) is 0. The van der Waals surface area contributed by atoms with Gasteiger partial charge in [0.15, 0.2) is 0 Å². The molecule has 0 aromatic rings. The van der Waals surface area contributed by atoms with E-state index in [0.717, 1.165) is 17.8 Å². The fourth-order valence-corrected chi connectivity index (χ4v) is 3.23. The Balaban J connectivity index is 1.82. The second-order valence-corrected chi connectivity index (χ2v) is 5.96. The normalized spacial score (nSPS) is 37.2. The maximum Gasteiger partial charge on any atom is 0.00825 e. The van der Waals surface area contributed by atoms with Crippen LogP contribution in [-0.2, 0) is 0 Å². The minimum absolute atomic E-state index is 0.493. The van der Waals surface area contributed by atoms with Crippen LogP contribution in [0.3, 0.4) is 0 Å². The van der Waals surface area contributed by atoms with Crippen molar-refractivity contribution in [3.8, 4) is 0 Å². The van der Waals surface area contributed by atoms with Gasteiger partial charge in [0.05, 0.1) is 0 Å². The number of hydrogen-bond acceptors (Lipinski definition) is 2. The average molecular weight is 210 g/mol. The van der Waals surface area contributed by atoms with Crippen molar-refractivity contribution >= 4 is 0 Å².